The Bertz CT molecular complexity index is 1080. The molecule has 0 spiro atoms. The molecule has 0 amide bonds. The molecule has 4 heterocycles. The van der Waals surface area contributed by atoms with Gasteiger partial charge in [-0.3, -0.25) is 4.79 Å². The Labute approximate surface area is 174 Å². The highest BCUT2D eigenvalue weighted by Crippen LogP contribution is 2.21. The number of benzene rings is 1. The molecule has 9 nitrogen and oxygen atoms in total. The summed E-state index contributed by atoms with van der Waals surface area (Å²) in [5.41, 5.74) is 2.52. The normalized spacial score (nSPS) is 21.3. The van der Waals surface area contributed by atoms with Crippen molar-refractivity contribution in [1.82, 2.24) is 25.2 Å². The molecular weight excluding hydrogens is 384 g/mol. The highest BCUT2D eigenvalue weighted by atomic mass is 16.5. The van der Waals surface area contributed by atoms with E-state index >= 15 is 0 Å². The number of para-hydroxylation sites is 1. The molecule has 0 bridgehead atoms. The van der Waals surface area contributed by atoms with Crippen LogP contribution in [0.5, 0.6) is 0 Å². The molecule has 2 N–H and O–H groups in total. The summed E-state index contributed by atoms with van der Waals surface area (Å²) in [6, 6.07) is 7.78. The Hall–Kier alpha value is -2.62. The lowest BCUT2D eigenvalue weighted by Gasteiger charge is -2.30. The fourth-order valence-electron chi connectivity index (χ4n) is 4.61. The molecular formula is C21H27N6O3+. The van der Waals surface area contributed by atoms with Gasteiger partial charge in [0.05, 0.1) is 36.9 Å². The molecule has 9 heteroatoms. The van der Waals surface area contributed by atoms with Crippen LogP contribution in [-0.4, -0.2) is 64.2 Å². The highest BCUT2D eigenvalue weighted by Gasteiger charge is 2.35. The van der Waals surface area contributed by atoms with E-state index in [9.17, 15) is 4.79 Å². The Balaban J connectivity index is 1.60. The van der Waals surface area contributed by atoms with Crippen LogP contribution in [0, 0.1) is 6.92 Å². The van der Waals surface area contributed by atoms with Gasteiger partial charge < -0.3 is 19.4 Å². The Morgan fingerprint density at radius 2 is 2.17 bits per heavy atom. The number of nitrogens with one attached hydrogen (secondary N) is 2. The molecule has 2 fully saturated rings. The zero-order valence-electron chi connectivity index (χ0n) is 17.1. The van der Waals surface area contributed by atoms with Crippen LogP contribution in [0.2, 0.25) is 0 Å². The number of tetrazole rings is 1. The molecule has 0 radical (unpaired) electrons. The number of hydrogen-bond donors (Lipinski definition) is 2. The number of morpholine rings is 1. The van der Waals surface area contributed by atoms with Gasteiger partial charge in [0.1, 0.15) is 13.1 Å². The number of quaternary nitrogens is 1. The maximum Gasteiger partial charge on any atom is 0.258 e. The van der Waals surface area contributed by atoms with E-state index in [1.54, 1.807) is 0 Å². The Kier molecular flexibility index (Phi) is 5.32. The highest BCUT2D eigenvalue weighted by molar-refractivity contribution is 5.82. The molecule has 2 aliphatic rings. The smallest absolute Gasteiger partial charge is 0.258 e. The summed E-state index contributed by atoms with van der Waals surface area (Å²) in [5, 5.41) is 13.6. The van der Waals surface area contributed by atoms with E-state index in [0.717, 1.165) is 49.0 Å². The van der Waals surface area contributed by atoms with Gasteiger partial charge in [-0.15, -0.1) is 5.10 Å². The quantitative estimate of drug-likeness (QED) is 0.614. The average molecular weight is 411 g/mol. The number of pyridine rings is 1. The average Bonchev–Trinajstić information content (AvgIpc) is 3.43. The van der Waals surface area contributed by atoms with Crippen molar-refractivity contribution in [3.05, 3.63) is 51.6 Å². The third kappa shape index (κ3) is 3.64. The van der Waals surface area contributed by atoms with Crippen molar-refractivity contribution in [2.45, 2.75) is 38.5 Å². The minimum absolute atomic E-state index is 0.0903. The van der Waals surface area contributed by atoms with Crippen LogP contribution in [0.1, 0.15) is 35.8 Å². The second-order valence-electron chi connectivity index (χ2n) is 8.15. The lowest BCUT2D eigenvalue weighted by Crippen LogP contribution is -3.14. The minimum Gasteiger partial charge on any atom is -0.376 e. The molecule has 0 saturated carbocycles. The zero-order chi connectivity index (χ0) is 20.5. The molecule has 0 unspecified atom stereocenters. The molecule has 1 aromatic carbocycles. The van der Waals surface area contributed by atoms with Crippen molar-refractivity contribution in [2.24, 2.45) is 0 Å². The molecule has 3 aromatic rings. The first-order valence-corrected chi connectivity index (χ1v) is 10.6. The summed E-state index contributed by atoms with van der Waals surface area (Å²) in [5.74, 6) is 0.708. The van der Waals surface area contributed by atoms with Crippen LogP contribution < -0.4 is 10.5 Å². The molecule has 0 aliphatic carbocycles. The number of aryl methyl sites for hydroxylation is 1. The van der Waals surface area contributed by atoms with Gasteiger partial charge in [0.15, 0.2) is 6.04 Å². The lowest BCUT2D eigenvalue weighted by atomic mass is 10.0. The standard InChI is InChI=1S/C21H26N6O3/c1-14-4-2-5-15-12-17(21(28)22-18(14)15)19(26-7-10-29-11-8-26)20-23-24-25-27(20)13-16-6-3-9-30-16/h2,4-5,12,16,19H,3,6-11,13H2,1H3,(H,22,28)/p+1/t16-,19-/m0/s1. The van der Waals surface area contributed by atoms with Gasteiger partial charge in [-0.1, -0.05) is 18.2 Å². The number of nitrogens with zero attached hydrogens (tertiary/aromatic N) is 4. The maximum absolute atomic E-state index is 13.2. The van der Waals surface area contributed by atoms with E-state index in [-0.39, 0.29) is 17.7 Å². The van der Waals surface area contributed by atoms with Crippen LogP contribution in [0.25, 0.3) is 10.9 Å². The van der Waals surface area contributed by atoms with Gasteiger partial charge in [-0.25, -0.2) is 4.68 Å². The molecule has 2 atom stereocenters. The first kappa shape index (κ1) is 19.3. The van der Waals surface area contributed by atoms with Gasteiger partial charge in [-0.05, 0) is 47.2 Å². The second-order valence-corrected chi connectivity index (χ2v) is 8.15. The molecule has 5 rings (SSSR count). The summed E-state index contributed by atoms with van der Waals surface area (Å²) < 4.78 is 13.2. The van der Waals surface area contributed by atoms with Crippen LogP contribution >= 0.6 is 0 Å². The maximum atomic E-state index is 13.2. The second kappa shape index (κ2) is 8.25. The Morgan fingerprint density at radius 1 is 1.30 bits per heavy atom. The number of rotatable bonds is 5. The zero-order valence-corrected chi connectivity index (χ0v) is 17.1. The van der Waals surface area contributed by atoms with Crippen molar-refractivity contribution in [2.75, 3.05) is 32.9 Å². The van der Waals surface area contributed by atoms with Crippen LogP contribution in [0.3, 0.4) is 0 Å². The number of H-pyrrole nitrogens is 1. The lowest BCUT2D eigenvalue weighted by molar-refractivity contribution is -0.933. The molecule has 2 aliphatic heterocycles. The van der Waals surface area contributed by atoms with Crippen molar-refractivity contribution in [1.29, 1.82) is 0 Å². The number of hydrogen-bond acceptors (Lipinski definition) is 6. The van der Waals surface area contributed by atoms with E-state index in [1.807, 2.05) is 35.9 Å². The van der Waals surface area contributed by atoms with E-state index in [2.05, 4.69) is 20.5 Å². The molecule has 158 valence electrons. The number of aromatic nitrogens is 5. The van der Waals surface area contributed by atoms with Crippen LogP contribution in [0.15, 0.2) is 29.1 Å². The van der Waals surface area contributed by atoms with Gasteiger partial charge in [0.25, 0.3) is 5.56 Å². The van der Waals surface area contributed by atoms with E-state index < -0.39 is 0 Å². The number of ether oxygens (including phenoxy) is 2. The van der Waals surface area contributed by atoms with Crippen LogP contribution in [0.4, 0.5) is 0 Å². The van der Waals surface area contributed by atoms with Gasteiger partial charge in [0.2, 0.25) is 5.82 Å². The van der Waals surface area contributed by atoms with Crippen molar-refractivity contribution < 1.29 is 14.4 Å². The number of aromatic amines is 1. The summed E-state index contributed by atoms with van der Waals surface area (Å²) in [7, 11) is 0. The first-order valence-electron chi connectivity index (χ1n) is 10.6. The first-order chi connectivity index (χ1) is 14.7. The minimum atomic E-state index is -0.265. The van der Waals surface area contributed by atoms with E-state index in [4.69, 9.17) is 9.47 Å². The van der Waals surface area contributed by atoms with Gasteiger partial charge >= 0.3 is 0 Å². The van der Waals surface area contributed by atoms with Gasteiger partial charge in [-0.2, -0.15) is 0 Å². The fraction of sp³-hybridized carbons (Fsp3) is 0.524. The largest absolute Gasteiger partial charge is 0.376 e. The monoisotopic (exact) mass is 411 g/mol. The topological polar surface area (TPSA) is 99.4 Å². The fourth-order valence-corrected chi connectivity index (χ4v) is 4.61. The third-order valence-electron chi connectivity index (χ3n) is 6.19. The molecule has 2 saturated heterocycles. The number of fused-ring (bicyclic) bond motifs is 1. The van der Waals surface area contributed by atoms with E-state index in [0.29, 0.717) is 31.1 Å². The summed E-state index contributed by atoms with van der Waals surface area (Å²) in [6.07, 6.45) is 2.18. The van der Waals surface area contributed by atoms with Gasteiger partial charge in [0, 0.05) is 6.61 Å². The van der Waals surface area contributed by atoms with Crippen molar-refractivity contribution in [3.8, 4) is 0 Å². The van der Waals surface area contributed by atoms with Crippen molar-refractivity contribution >= 4 is 10.9 Å². The summed E-state index contributed by atoms with van der Waals surface area (Å²) >= 11 is 0. The van der Waals surface area contributed by atoms with Crippen LogP contribution in [-0.2, 0) is 16.0 Å². The van der Waals surface area contributed by atoms with Crippen molar-refractivity contribution in [3.63, 3.8) is 0 Å². The molecule has 30 heavy (non-hydrogen) atoms. The summed E-state index contributed by atoms with van der Waals surface area (Å²) in [6.45, 7) is 6.29. The Morgan fingerprint density at radius 3 is 2.97 bits per heavy atom. The van der Waals surface area contributed by atoms with E-state index in [1.165, 1.54) is 4.90 Å². The summed E-state index contributed by atoms with van der Waals surface area (Å²) in [4.78, 5) is 17.6. The predicted molar refractivity (Wildman–Crippen MR) is 109 cm³/mol. The molecule has 2 aromatic heterocycles. The SMILES string of the molecule is Cc1cccc2cc([C@@H](c3nnnn3C[C@@H]3CCCO3)[NH+]3CCOCC3)c(=O)[nH]c12. The predicted octanol–water partition coefficient (Wildman–Crippen LogP) is 0.00652. The third-order valence-corrected chi connectivity index (χ3v) is 6.19.